The smallest absolute Gasteiger partial charge is 0.350 e. The number of rotatable bonds is 6. The Kier molecular flexibility index (Phi) is 7.03. The fraction of sp³-hybridized carbons (Fsp3) is 0.333. The molecule has 3 heterocycles. The first-order valence-corrected chi connectivity index (χ1v) is 12.4. The summed E-state index contributed by atoms with van der Waals surface area (Å²) in [5.74, 6) is -2.45. The summed E-state index contributed by atoms with van der Waals surface area (Å²) in [5.41, 5.74) is 0.451. The Hall–Kier alpha value is -3.10. The summed E-state index contributed by atoms with van der Waals surface area (Å²) < 4.78 is 79.8. The number of nitrogens with one attached hydrogen (secondary N) is 1. The van der Waals surface area contributed by atoms with Gasteiger partial charge in [-0.25, -0.2) is 27.5 Å². The zero-order valence-corrected chi connectivity index (χ0v) is 20.1. The Morgan fingerprint density at radius 1 is 1.17 bits per heavy atom. The summed E-state index contributed by atoms with van der Waals surface area (Å²) in [6, 6.07) is 2.90. The van der Waals surface area contributed by atoms with E-state index in [0.717, 1.165) is 45.6 Å². The molecule has 3 aromatic rings. The van der Waals surface area contributed by atoms with E-state index in [2.05, 4.69) is 20.4 Å². The number of benzene rings is 1. The van der Waals surface area contributed by atoms with Crippen LogP contribution in [-0.4, -0.2) is 50.5 Å². The summed E-state index contributed by atoms with van der Waals surface area (Å²) in [5, 5.41) is 6.61. The first kappa shape index (κ1) is 26.0. The van der Waals surface area contributed by atoms with Gasteiger partial charge in [-0.3, -0.25) is 4.79 Å². The lowest BCUT2D eigenvalue weighted by molar-refractivity contribution is -0.145. The van der Waals surface area contributed by atoms with Crippen LogP contribution in [0.4, 0.5) is 17.6 Å². The van der Waals surface area contributed by atoms with Crippen LogP contribution < -0.4 is 5.32 Å². The number of amides is 1. The minimum absolute atomic E-state index is 0.0224. The molecule has 0 saturated carbocycles. The van der Waals surface area contributed by atoms with E-state index in [1.807, 2.05) is 0 Å². The molecule has 2 aromatic heterocycles. The molecular formula is C21H19ClF4N6O3S. The van der Waals surface area contributed by atoms with Gasteiger partial charge in [0, 0.05) is 24.3 Å². The monoisotopic (exact) mass is 546 g/mol. The zero-order valence-electron chi connectivity index (χ0n) is 18.6. The van der Waals surface area contributed by atoms with Gasteiger partial charge < -0.3 is 5.32 Å². The highest BCUT2D eigenvalue weighted by Crippen LogP contribution is 2.31. The maximum Gasteiger partial charge on any atom is 0.451 e. The Balaban J connectivity index is 1.47. The number of sulfonamides is 1. The van der Waals surface area contributed by atoms with E-state index in [1.165, 1.54) is 6.20 Å². The number of hydrogen-bond donors (Lipinski definition) is 1. The second-order valence-electron chi connectivity index (χ2n) is 8.10. The summed E-state index contributed by atoms with van der Waals surface area (Å²) in [7, 11) is -4.07. The molecule has 15 heteroatoms. The Morgan fingerprint density at radius 2 is 1.81 bits per heavy atom. The molecule has 0 radical (unpaired) electrons. The highest BCUT2D eigenvalue weighted by Gasteiger charge is 2.43. The second kappa shape index (κ2) is 9.75. The Morgan fingerprint density at radius 3 is 2.42 bits per heavy atom. The van der Waals surface area contributed by atoms with Crippen LogP contribution in [0.15, 0.2) is 47.8 Å². The first-order valence-electron chi connectivity index (χ1n) is 10.6. The van der Waals surface area contributed by atoms with Crippen LogP contribution in [0.2, 0.25) is 5.15 Å². The second-order valence-corrected chi connectivity index (χ2v) is 10.3. The van der Waals surface area contributed by atoms with Crippen LogP contribution in [-0.2, 0) is 27.5 Å². The van der Waals surface area contributed by atoms with E-state index in [4.69, 9.17) is 11.6 Å². The van der Waals surface area contributed by atoms with E-state index < -0.39 is 45.8 Å². The molecule has 1 saturated heterocycles. The van der Waals surface area contributed by atoms with Crippen LogP contribution in [0.3, 0.4) is 0 Å². The molecule has 9 nitrogen and oxygen atoms in total. The fourth-order valence-electron chi connectivity index (χ4n) is 3.87. The number of carbonyl (C=O) groups excluding carboxylic acids is 1. The van der Waals surface area contributed by atoms with Gasteiger partial charge in [0.2, 0.25) is 21.8 Å². The molecular weight excluding hydrogens is 528 g/mol. The third kappa shape index (κ3) is 5.20. The van der Waals surface area contributed by atoms with Crippen LogP contribution in [0.5, 0.6) is 0 Å². The minimum atomic E-state index is -4.69. The summed E-state index contributed by atoms with van der Waals surface area (Å²) in [6.07, 6.45) is -0.710. The minimum Gasteiger partial charge on any atom is -0.350 e. The predicted octanol–water partition coefficient (Wildman–Crippen LogP) is 3.33. The number of hydrogen-bond acceptors (Lipinski definition) is 6. The van der Waals surface area contributed by atoms with Gasteiger partial charge in [0.15, 0.2) is 5.15 Å². The van der Waals surface area contributed by atoms with Crippen LogP contribution >= 0.6 is 11.6 Å². The lowest BCUT2D eigenvalue weighted by Gasteiger charge is -2.27. The number of halogens is 5. The summed E-state index contributed by atoms with van der Waals surface area (Å²) in [6.45, 7) is 1.57. The molecule has 0 bridgehead atoms. The van der Waals surface area contributed by atoms with Gasteiger partial charge in [-0.2, -0.15) is 22.6 Å². The van der Waals surface area contributed by atoms with Gasteiger partial charge in [-0.1, -0.05) is 11.6 Å². The molecule has 0 aliphatic carbocycles. The van der Waals surface area contributed by atoms with Crippen molar-refractivity contribution in [3.8, 4) is 5.69 Å². The summed E-state index contributed by atoms with van der Waals surface area (Å²) in [4.78, 5) is 19.4. The molecule has 2 atom stereocenters. The zero-order chi connectivity index (χ0) is 26.3. The number of aromatic nitrogens is 4. The van der Waals surface area contributed by atoms with E-state index in [0.29, 0.717) is 12.0 Å². The lowest BCUT2D eigenvalue weighted by atomic mass is 10.2. The third-order valence-corrected chi connectivity index (χ3v) is 7.99. The topological polar surface area (TPSA) is 110 Å². The van der Waals surface area contributed by atoms with Crippen molar-refractivity contribution in [1.29, 1.82) is 0 Å². The molecule has 1 fully saturated rings. The maximum absolute atomic E-state index is 13.3. The quantitative estimate of drug-likeness (QED) is 0.475. The Bertz CT molecular complexity index is 1360. The molecule has 1 amide bonds. The first-order chi connectivity index (χ1) is 16.9. The Labute approximate surface area is 208 Å². The molecule has 0 spiro atoms. The van der Waals surface area contributed by atoms with E-state index in [-0.39, 0.29) is 28.7 Å². The number of alkyl halides is 3. The van der Waals surface area contributed by atoms with Crippen LogP contribution in [0.25, 0.3) is 5.69 Å². The molecule has 1 aliphatic rings. The van der Waals surface area contributed by atoms with Crippen molar-refractivity contribution >= 4 is 27.5 Å². The lowest BCUT2D eigenvalue weighted by Crippen LogP contribution is -2.48. The van der Waals surface area contributed by atoms with Gasteiger partial charge in [0.05, 0.1) is 17.3 Å². The van der Waals surface area contributed by atoms with Gasteiger partial charge >= 0.3 is 6.18 Å². The van der Waals surface area contributed by atoms with Crippen molar-refractivity contribution in [2.24, 2.45) is 0 Å². The number of nitrogens with zero attached hydrogens (tertiary/aromatic N) is 5. The normalized spacial score (nSPS) is 18.9. The van der Waals surface area contributed by atoms with E-state index in [1.54, 1.807) is 6.92 Å². The fourth-order valence-corrected chi connectivity index (χ4v) is 5.90. The van der Waals surface area contributed by atoms with Gasteiger partial charge in [-0.15, -0.1) is 0 Å². The largest absolute Gasteiger partial charge is 0.451 e. The molecule has 1 aliphatic heterocycles. The third-order valence-electron chi connectivity index (χ3n) is 5.64. The van der Waals surface area contributed by atoms with Crippen molar-refractivity contribution in [2.75, 3.05) is 0 Å². The molecule has 4 rings (SSSR count). The highest BCUT2D eigenvalue weighted by molar-refractivity contribution is 7.89. The average Bonchev–Trinajstić information content (AvgIpc) is 3.40. The van der Waals surface area contributed by atoms with Gasteiger partial charge in [0.1, 0.15) is 17.5 Å². The van der Waals surface area contributed by atoms with Gasteiger partial charge in [0.25, 0.3) is 0 Å². The molecule has 192 valence electrons. The summed E-state index contributed by atoms with van der Waals surface area (Å²) >= 11 is 6.12. The van der Waals surface area contributed by atoms with Crippen molar-refractivity contribution in [2.45, 2.75) is 49.5 Å². The van der Waals surface area contributed by atoms with Gasteiger partial charge in [-0.05, 0) is 44.0 Å². The molecule has 1 N–H and O–H groups in total. The molecule has 0 unspecified atom stereocenters. The maximum atomic E-state index is 13.3. The molecule has 1 aromatic carbocycles. The van der Waals surface area contributed by atoms with Crippen molar-refractivity contribution in [1.82, 2.24) is 29.4 Å². The van der Waals surface area contributed by atoms with Crippen molar-refractivity contribution < 1.29 is 30.8 Å². The number of carbonyl (C=O) groups is 1. The predicted molar refractivity (Wildman–Crippen MR) is 119 cm³/mol. The SMILES string of the molecule is C[C@H]1CC[C@@H](C(=O)NCc2cn(-c3cnc(C(F)(F)F)nc3)nc2Cl)N1S(=O)(=O)c1ccc(F)cc1. The molecule has 36 heavy (non-hydrogen) atoms. The van der Waals surface area contributed by atoms with Crippen molar-refractivity contribution in [3.63, 3.8) is 0 Å². The highest BCUT2D eigenvalue weighted by atomic mass is 35.5. The van der Waals surface area contributed by atoms with Crippen LogP contribution in [0.1, 0.15) is 31.2 Å². The average molecular weight is 547 g/mol. The van der Waals surface area contributed by atoms with E-state index in [9.17, 15) is 30.8 Å². The van der Waals surface area contributed by atoms with E-state index >= 15 is 0 Å². The van der Waals surface area contributed by atoms with Crippen molar-refractivity contribution in [3.05, 3.63) is 65.2 Å². The van der Waals surface area contributed by atoms with Crippen LogP contribution in [0, 0.1) is 5.82 Å². The standard InChI is InChI=1S/C21H19ClF4N6O3S/c1-12-2-7-17(32(12)36(34,35)16-5-3-14(23)4-6-16)19(33)27-8-13-11-31(30-18(13)22)15-9-28-20(29-10-15)21(24,25)26/h3-6,9-12,17H,2,7-8H2,1H3,(H,27,33)/t12-,17-/m0/s1.